The Hall–Kier alpha value is -1.31. The largest absolute Gasteiger partial charge is 0.384 e. The fourth-order valence-electron chi connectivity index (χ4n) is 2.02. The lowest BCUT2D eigenvalue weighted by molar-refractivity contribution is 0.219. The summed E-state index contributed by atoms with van der Waals surface area (Å²) in [6.07, 6.45) is 0.390. The van der Waals surface area contributed by atoms with Crippen LogP contribution in [0, 0.1) is 6.92 Å². The molecule has 0 saturated carbocycles. The van der Waals surface area contributed by atoms with Crippen LogP contribution in [0.2, 0.25) is 5.02 Å². The minimum atomic E-state index is -0.616. The highest BCUT2D eigenvalue weighted by Gasteiger charge is 2.13. The summed E-state index contributed by atoms with van der Waals surface area (Å²) < 4.78 is 0. The van der Waals surface area contributed by atoms with Gasteiger partial charge in [0, 0.05) is 5.02 Å². The summed E-state index contributed by atoms with van der Waals surface area (Å²) in [5.41, 5.74) is 4.09. The topological polar surface area (TPSA) is 20.2 Å². The highest BCUT2D eigenvalue weighted by molar-refractivity contribution is 6.30. The van der Waals surface area contributed by atoms with Crippen molar-refractivity contribution in [3.05, 3.63) is 69.7 Å². The molecular weight excluding hydrogens is 244 g/mol. The molecule has 1 atom stereocenters. The van der Waals surface area contributed by atoms with Crippen LogP contribution in [0.1, 0.15) is 35.3 Å². The second-order valence-corrected chi connectivity index (χ2v) is 4.94. The zero-order valence-electron chi connectivity index (χ0n) is 10.7. The maximum atomic E-state index is 10.4. The van der Waals surface area contributed by atoms with Crippen molar-refractivity contribution in [2.24, 2.45) is 0 Å². The fourth-order valence-corrected chi connectivity index (χ4v) is 2.20. The molecule has 0 saturated heterocycles. The molecule has 2 rings (SSSR count). The van der Waals surface area contributed by atoms with Gasteiger partial charge in [0.05, 0.1) is 0 Å². The van der Waals surface area contributed by atoms with E-state index in [1.54, 1.807) is 0 Å². The number of hydrogen-bond acceptors (Lipinski definition) is 1. The van der Waals surface area contributed by atoms with Gasteiger partial charge in [0.15, 0.2) is 0 Å². The first kappa shape index (κ1) is 13.1. The molecule has 2 aromatic rings. The van der Waals surface area contributed by atoms with Crippen LogP contribution in [0.25, 0.3) is 0 Å². The lowest BCUT2D eigenvalue weighted by Gasteiger charge is -2.15. The average molecular weight is 261 g/mol. The summed E-state index contributed by atoms with van der Waals surface area (Å²) in [6.45, 7) is 4.10. The summed E-state index contributed by atoms with van der Waals surface area (Å²) >= 11 is 5.98. The van der Waals surface area contributed by atoms with Gasteiger partial charge in [-0.25, -0.2) is 0 Å². The molecule has 0 aromatic heterocycles. The molecule has 0 heterocycles. The Kier molecular flexibility index (Phi) is 4.05. The van der Waals surface area contributed by atoms with Gasteiger partial charge in [0.2, 0.25) is 0 Å². The minimum absolute atomic E-state index is 0.616. The molecule has 1 nitrogen and oxygen atoms in total. The molecule has 1 N–H and O–H groups in total. The van der Waals surface area contributed by atoms with Crippen molar-refractivity contribution in [1.29, 1.82) is 0 Å². The maximum absolute atomic E-state index is 10.4. The highest BCUT2D eigenvalue weighted by atomic mass is 35.5. The molecule has 0 aliphatic rings. The van der Waals surface area contributed by atoms with Crippen LogP contribution in [0.4, 0.5) is 0 Å². The molecule has 1 unspecified atom stereocenters. The van der Waals surface area contributed by atoms with Crippen molar-refractivity contribution >= 4 is 11.6 Å². The first-order valence-electron chi connectivity index (χ1n) is 6.14. The number of aryl methyl sites for hydroxylation is 2. The lowest BCUT2D eigenvalue weighted by atomic mass is 9.96. The number of rotatable bonds is 3. The Morgan fingerprint density at radius 3 is 2.39 bits per heavy atom. The van der Waals surface area contributed by atoms with Crippen LogP contribution in [0.3, 0.4) is 0 Å². The van der Waals surface area contributed by atoms with E-state index in [-0.39, 0.29) is 0 Å². The standard InChI is InChI=1S/C16H17ClO/c1-3-12-5-7-13(8-6-12)16(18)15-10-14(17)9-4-11(15)2/h4-10,16,18H,3H2,1-2H3. The van der Waals surface area contributed by atoms with Gasteiger partial charge in [-0.15, -0.1) is 0 Å². The average Bonchev–Trinajstić information content (AvgIpc) is 2.41. The molecule has 0 aliphatic carbocycles. The third kappa shape index (κ3) is 2.74. The molecule has 2 aromatic carbocycles. The second-order valence-electron chi connectivity index (χ2n) is 4.50. The predicted molar refractivity (Wildman–Crippen MR) is 76.1 cm³/mol. The van der Waals surface area contributed by atoms with Crippen molar-refractivity contribution in [3.63, 3.8) is 0 Å². The summed E-state index contributed by atoms with van der Waals surface area (Å²) in [4.78, 5) is 0. The fraction of sp³-hybridized carbons (Fsp3) is 0.250. The second kappa shape index (κ2) is 5.55. The van der Waals surface area contributed by atoms with Crippen LogP contribution in [-0.4, -0.2) is 5.11 Å². The van der Waals surface area contributed by atoms with Crippen molar-refractivity contribution < 1.29 is 5.11 Å². The molecule has 2 heteroatoms. The van der Waals surface area contributed by atoms with Gasteiger partial charge >= 0.3 is 0 Å². The van der Waals surface area contributed by atoms with Crippen molar-refractivity contribution in [1.82, 2.24) is 0 Å². The monoisotopic (exact) mass is 260 g/mol. The quantitative estimate of drug-likeness (QED) is 0.873. The van der Waals surface area contributed by atoms with E-state index in [1.807, 2.05) is 37.3 Å². The molecule has 18 heavy (non-hydrogen) atoms. The zero-order valence-corrected chi connectivity index (χ0v) is 11.4. The summed E-state index contributed by atoms with van der Waals surface area (Å²) in [6, 6.07) is 13.7. The maximum Gasteiger partial charge on any atom is 0.104 e. The minimum Gasteiger partial charge on any atom is -0.384 e. The number of aliphatic hydroxyl groups is 1. The van der Waals surface area contributed by atoms with E-state index >= 15 is 0 Å². The van der Waals surface area contributed by atoms with E-state index in [0.717, 1.165) is 23.1 Å². The first-order chi connectivity index (χ1) is 8.61. The number of halogens is 1. The van der Waals surface area contributed by atoms with Gasteiger partial charge in [-0.05, 0) is 47.7 Å². The van der Waals surface area contributed by atoms with Gasteiger partial charge in [0.25, 0.3) is 0 Å². The Labute approximate surface area is 113 Å². The summed E-state index contributed by atoms with van der Waals surface area (Å²) in [5, 5.41) is 11.1. The first-order valence-corrected chi connectivity index (χ1v) is 6.52. The van der Waals surface area contributed by atoms with E-state index < -0.39 is 6.10 Å². The number of hydrogen-bond donors (Lipinski definition) is 1. The van der Waals surface area contributed by atoms with Gasteiger partial charge in [-0.1, -0.05) is 48.9 Å². The molecule has 0 radical (unpaired) electrons. The smallest absolute Gasteiger partial charge is 0.104 e. The van der Waals surface area contributed by atoms with Crippen LogP contribution in [0.5, 0.6) is 0 Å². The summed E-state index contributed by atoms with van der Waals surface area (Å²) in [7, 11) is 0. The predicted octanol–water partition coefficient (Wildman–Crippen LogP) is 4.29. The zero-order chi connectivity index (χ0) is 13.1. The Balaban J connectivity index is 2.34. The van der Waals surface area contributed by atoms with Gasteiger partial charge in [-0.2, -0.15) is 0 Å². The van der Waals surface area contributed by atoms with Gasteiger partial charge in [-0.3, -0.25) is 0 Å². The van der Waals surface area contributed by atoms with Crippen LogP contribution in [-0.2, 0) is 6.42 Å². The van der Waals surface area contributed by atoms with Gasteiger partial charge in [0.1, 0.15) is 6.10 Å². The van der Waals surface area contributed by atoms with E-state index in [2.05, 4.69) is 19.1 Å². The molecule has 0 bridgehead atoms. The van der Waals surface area contributed by atoms with E-state index in [0.29, 0.717) is 5.02 Å². The Morgan fingerprint density at radius 1 is 1.11 bits per heavy atom. The van der Waals surface area contributed by atoms with Crippen LogP contribution < -0.4 is 0 Å². The normalized spacial score (nSPS) is 12.4. The van der Waals surface area contributed by atoms with E-state index in [9.17, 15) is 5.11 Å². The van der Waals surface area contributed by atoms with Crippen LogP contribution >= 0.6 is 11.6 Å². The van der Waals surface area contributed by atoms with Gasteiger partial charge < -0.3 is 5.11 Å². The van der Waals surface area contributed by atoms with Crippen molar-refractivity contribution in [2.45, 2.75) is 26.4 Å². The molecular formula is C16H17ClO. The molecule has 0 amide bonds. The van der Waals surface area contributed by atoms with Crippen molar-refractivity contribution in [3.8, 4) is 0 Å². The Morgan fingerprint density at radius 2 is 1.78 bits per heavy atom. The Bertz CT molecular complexity index is 531. The van der Waals surface area contributed by atoms with E-state index in [1.165, 1.54) is 5.56 Å². The third-order valence-corrected chi connectivity index (χ3v) is 3.47. The SMILES string of the molecule is CCc1ccc(C(O)c2cc(Cl)ccc2C)cc1. The molecule has 0 spiro atoms. The van der Waals surface area contributed by atoms with Crippen molar-refractivity contribution in [2.75, 3.05) is 0 Å². The molecule has 0 fully saturated rings. The summed E-state index contributed by atoms with van der Waals surface area (Å²) in [5.74, 6) is 0. The molecule has 94 valence electrons. The lowest BCUT2D eigenvalue weighted by Crippen LogP contribution is -2.02. The highest BCUT2D eigenvalue weighted by Crippen LogP contribution is 2.27. The van der Waals surface area contributed by atoms with Crippen LogP contribution in [0.15, 0.2) is 42.5 Å². The number of benzene rings is 2. The van der Waals surface area contributed by atoms with E-state index in [4.69, 9.17) is 11.6 Å². The molecule has 0 aliphatic heterocycles. The third-order valence-electron chi connectivity index (χ3n) is 3.24. The number of aliphatic hydroxyl groups excluding tert-OH is 1.